The van der Waals surface area contributed by atoms with Crippen LogP contribution in [-0.4, -0.2) is 39.4 Å². The summed E-state index contributed by atoms with van der Waals surface area (Å²) < 4.78 is 7.00. The maximum Gasteiger partial charge on any atom is 0.239 e. The fourth-order valence-electron chi connectivity index (χ4n) is 3.73. The van der Waals surface area contributed by atoms with E-state index in [2.05, 4.69) is 15.5 Å². The van der Waals surface area contributed by atoms with E-state index >= 15 is 0 Å². The summed E-state index contributed by atoms with van der Waals surface area (Å²) in [5.74, 6) is 0.705. The summed E-state index contributed by atoms with van der Waals surface area (Å²) in [6.07, 6.45) is 4.14. The summed E-state index contributed by atoms with van der Waals surface area (Å²) in [5, 5.41) is 17.0. The van der Waals surface area contributed by atoms with Crippen LogP contribution in [0.2, 0.25) is 5.02 Å². The van der Waals surface area contributed by atoms with Gasteiger partial charge >= 0.3 is 0 Å². The van der Waals surface area contributed by atoms with Crippen LogP contribution in [0.1, 0.15) is 11.1 Å². The van der Waals surface area contributed by atoms with Crippen molar-refractivity contribution in [3.8, 4) is 22.7 Å². The quantitative estimate of drug-likeness (QED) is 0.265. The third-order valence-corrected chi connectivity index (χ3v) is 6.91. The van der Waals surface area contributed by atoms with Gasteiger partial charge in [-0.3, -0.25) is 4.79 Å². The van der Waals surface area contributed by atoms with Gasteiger partial charge in [-0.2, -0.15) is 10.2 Å². The van der Waals surface area contributed by atoms with Crippen molar-refractivity contribution in [2.45, 2.75) is 11.7 Å². The van der Waals surface area contributed by atoms with Crippen LogP contribution in [-0.2, 0) is 11.2 Å². The molecule has 0 bridgehead atoms. The average Bonchev–Trinajstić information content (AvgIpc) is 3.49. The molecule has 0 aliphatic carbocycles. The zero-order valence-electron chi connectivity index (χ0n) is 19.3. The van der Waals surface area contributed by atoms with Gasteiger partial charge in [-0.25, -0.2) is 4.68 Å². The first kappa shape index (κ1) is 23.8. The molecule has 3 aromatic carbocycles. The Morgan fingerprint density at radius 3 is 2.56 bits per heavy atom. The number of thioether (sulfide) groups is 1. The highest BCUT2D eigenvalue weighted by Gasteiger charge is 2.30. The lowest BCUT2D eigenvalue weighted by molar-refractivity contribution is -0.118. The minimum absolute atomic E-state index is 0.0801. The average molecular weight is 516 g/mol. The molecule has 1 N–H and O–H groups in total. The Labute approximate surface area is 217 Å². The summed E-state index contributed by atoms with van der Waals surface area (Å²) in [7, 11) is 1.63. The molecule has 1 aliphatic heterocycles. The van der Waals surface area contributed by atoms with Crippen LogP contribution in [0.5, 0.6) is 5.75 Å². The second-order valence-electron chi connectivity index (χ2n) is 8.02. The first-order valence-corrected chi connectivity index (χ1v) is 12.5. The Balaban J connectivity index is 1.35. The van der Waals surface area contributed by atoms with Gasteiger partial charge in [0.1, 0.15) is 11.4 Å². The number of rotatable bonds is 7. The Kier molecular flexibility index (Phi) is 7.16. The number of amides is 1. The van der Waals surface area contributed by atoms with Crippen LogP contribution in [0.25, 0.3) is 16.9 Å². The lowest BCUT2D eigenvalue weighted by Gasteiger charge is -2.06. The van der Waals surface area contributed by atoms with Crippen LogP contribution >= 0.6 is 23.4 Å². The van der Waals surface area contributed by atoms with E-state index in [1.54, 1.807) is 18.0 Å². The summed E-state index contributed by atoms with van der Waals surface area (Å²) in [6.45, 7) is 0. The number of aromatic nitrogens is 2. The summed E-state index contributed by atoms with van der Waals surface area (Å²) in [4.78, 5) is 12.5. The van der Waals surface area contributed by atoms with Gasteiger partial charge in [0.2, 0.25) is 5.91 Å². The Hall–Kier alpha value is -3.88. The molecule has 1 atom stereocenters. The molecule has 5 rings (SSSR count). The Bertz CT molecular complexity index is 1420. The molecular weight excluding hydrogens is 494 g/mol. The fourth-order valence-corrected chi connectivity index (χ4v) is 4.82. The van der Waals surface area contributed by atoms with Crippen molar-refractivity contribution < 1.29 is 9.53 Å². The van der Waals surface area contributed by atoms with Crippen molar-refractivity contribution >= 4 is 40.7 Å². The zero-order valence-corrected chi connectivity index (χ0v) is 20.9. The number of carbonyl (C=O) groups excluding carboxylic acids is 1. The SMILES string of the molecule is COc1ccc(CC2S/C(=N/N=C/c3cn(-c4ccccc4)nc3-c3ccc(Cl)cc3)NC2=O)cc1. The van der Waals surface area contributed by atoms with Crippen molar-refractivity contribution in [3.63, 3.8) is 0 Å². The maximum atomic E-state index is 12.5. The van der Waals surface area contributed by atoms with Gasteiger partial charge in [0.15, 0.2) is 5.17 Å². The summed E-state index contributed by atoms with van der Waals surface area (Å²) in [6, 6.07) is 25.0. The molecule has 7 nitrogen and oxygen atoms in total. The molecule has 36 heavy (non-hydrogen) atoms. The molecular formula is C27H22ClN5O2S. The molecule has 9 heteroatoms. The van der Waals surface area contributed by atoms with Crippen LogP contribution in [0.3, 0.4) is 0 Å². The number of nitrogens with one attached hydrogen (secondary N) is 1. The van der Waals surface area contributed by atoms with Gasteiger partial charge in [0, 0.05) is 22.3 Å². The van der Waals surface area contributed by atoms with Gasteiger partial charge in [-0.05, 0) is 48.4 Å². The predicted molar refractivity (Wildman–Crippen MR) is 145 cm³/mol. The van der Waals surface area contributed by atoms with E-state index in [0.717, 1.165) is 33.8 Å². The fraction of sp³-hybridized carbons (Fsp3) is 0.111. The molecule has 4 aromatic rings. The molecule has 1 aliphatic rings. The van der Waals surface area contributed by atoms with E-state index in [9.17, 15) is 4.79 Å². The Morgan fingerprint density at radius 1 is 1.08 bits per heavy atom. The first-order chi connectivity index (χ1) is 17.6. The molecule has 0 spiro atoms. The van der Waals surface area contributed by atoms with Crippen molar-refractivity contribution in [2.75, 3.05) is 7.11 Å². The highest BCUT2D eigenvalue weighted by Crippen LogP contribution is 2.26. The molecule has 0 radical (unpaired) electrons. The highest BCUT2D eigenvalue weighted by molar-refractivity contribution is 8.15. The topological polar surface area (TPSA) is 80.9 Å². The molecule has 1 fully saturated rings. The molecule has 1 unspecified atom stereocenters. The zero-order chi connectivity index (χ0) is 24.9. The summed E-state index contributed by atoms with van der Waals surface area (Å²) >= 11 is 7.44. The monoisotopic (exact) mass is 515 g/mol. The number of amidine groups is 1. The van der Waals surface area contributed by atoms with Gasteiger partial charge in [0.05, 0.1) is 24.3 Å². The van der Waals surface area contributed by atoms with E-state index in [1.807, 2.05) is 85.1 Å². The van der Waals surface area contributed by atoms with Crippen molar-refractivity contribution in [3.05, 3.63) is 101 Å². The number of ether oxygens (including phenoxy) is 1. The van der Waals surface area contributed by atoms with E-state index in [0.29, 0.717) is 16.6 Å². The highest BCUT2D eigenvalue weighted by atomic mass is 35.5. The van der Waals surface area contributed by atoms with Crippen LogP contribution in [0, 0.1) is 0 Å². The normalized spacial score (nSPS) is 16.6. The van der Waals surface area contributed by atoms with E-state index in [4.69, 9.17) is 21.4 Å². The number of hydrogen-bond acceptors (Lipinski definition) is 6. The van der Waals surface area contributed by atoms with Crippen LogP contribution in [0.4, 0.5) is 0 Å². The lowest BCUT2D eigenvalue weighted by atomic mass is 10.1. The number of benzene rings is 3. The molecule has 0 saturated carbocycles. The number of para-hydroxylation sites is 1. The molecule has 1 aromatic heterocycles. The van der Waals surface area contributed by atoms with E-state index in [-0.39, 0.29) is 11.2 Å². The molecule has 180 valence electrons. The van der Waals surface area contributed by atoms with E-state index < -0.39 is 0 Å². The van der Waals surface area contributed by atoms with E-state index in [1.165, 1.54) is 11.8 Å². The standard InChI is InChI=1S/C27H22ClN5O2S/c1-35-23-13-7-18(8-14-23)15-24-26(34)30-27(36-24)31-29-16-20-17-33(22-5-3-2-4-6-22)32-25(20)19-9-11-21(28)12-10-19/h2-14,16-17,24H,15H2,1H3,(H,30,31,34)/b29-16+. The van der Waals surface area contributed by atoms with Crippen LogP contribution in [0.15, 0.2) is 95.3 Å². The molecule has 2 heterocycles. The maximum absolute atomic E-state index is 12.5. The van der Waals surface area contributed by atoms with Crippen molar-refractivity contribution in [2.24, 2.45) is 10.2 Å². The largest absolute Gasteiger partial charge is 0.497 e. The van der Waals surface area contributed by atoms with Gasteiger partial charge in [-0.1, -0.05) is 65.8 Å². The number of nitrogens with zero attached hydrogens (tertiary/aromatic N) is 4. The van der Waals surface area contributed by atoms with Crippen molar-refractivity contribution in [1.29, 1.82) is 0 Å². The van der Waals surface area contributed by atoms with Gasteiger partial charge in [0.25, 0.3) is 0 Å². The number of hydrogen-bond donors (Lipinski definition) is 1. The third-order valence-electron chi connectivity index (χ3n) is 5.58. The smallest absolute Gasteiger partial charge is 0.239 e. The van der Waals surface area contributed by atoms with Gasteiger partial charge < -0.3 is 10.1 Å². The molecule has 1 saturated heterocycles. The second-order valence-corrected chi connectivity index (χ2v) is 9.65. The lowest BCUT2D eigenvalue weighted by Crippen LogP contribution is -2.25. The number of halogens is 1. The third kappa shape index (κ3) is 5.50. The van der Waals surface area contributed by atoms with Crippen LogP contribution < -0.4 is 10.1 Å². The minimum atomic E-state index is -0.266. The first-order valence-electron chi connectivity index (χ1n) is 11.2. The van der Waals surface area contributed by atoms with Crippen molar-refractivity contribution in [1.82, 2.24) is 15.1 Å². The summed E-state index contributed by atoms with van der Waals surface area (Å²) in [5.41, 5.74) is 4.42. The predicted octanol–water partition coefficient (Wildman–Crippen LogP) is 5.37. The molecule has 1 amide bonds. The van der Waals surface area contributed by atoms with Gasteiger partial charge in [-0.15, -0.1) is 5.10 Å². The second kappa shape index (κ2) is 10.8. The Morgan fingerprint density at radius 2 is 1.83 bits per heavy atom. The number of carbonyl (C=O) groups is 1. The minimum Gasteiger partial charge on any atom is -0.497 e. The number of methoxy groups -OCH3 is 1.